The maximum atomic E-state index is 5.58. The van der Waals surface area contributed by atoms with Gasteiger partial charge in [0.25, 0.3) is 0 Å². The van der Waals surface area contributed by atoms with Crippen molar-refractivity contribution in [3.05, 3.63) is 22.7 Å². The number of nitrogens with zero attached hydrogens (tertiary/aromatic N) is 2. The molecule has 92 valence electrons. The number of halogens is 1. The summed E-state index contributed by atoms with van der Waals surface area (Å²) in [5.41, 5.74) is 17.5. The molecule has 0 saturated heterocycles. The highest BCUT2D eigenvalue weighted by Crippen LogP contribution is 2.28. The van der Waals surface area contributed by atoms with Crippen LogP contribution in [0.1, 0.15) is 6.92 Å². The van der Waals surface area contributed by atoms with Crippen molar-refractivity contribution < 1.29 is 0 Å². The molecule has 0 aliphatic carbocycles. The molecule has 17 heavy (non-hydrogen) atoms. The molecule has 1 aromatic rings. The van der Waals surface area contributed by atoms with E-state index in [9.17, 15) is 0 Å². The zero-order valence-electron chi connectivity index (χ0n) is 9.44. The summed E-state index contributed by atoms with van der Waals surface area (Å²) in [6.45, 7) is 2.78. The average Bonchev–Trinajstić information content (AvgIpc) is 2.21. The SMILES string of the molecule is CCNc1ccc(Br)cc1N=C(N)N=C(N)N. The lowest BCUT2D eigenvalue weighted by Gasteiger charge is -2.07. The van der Waals surface area contributed by atoms with Crippen molar-refractivity contribution in [3.63, 3.8) is 0 Å². The lowest BCUT2D eigenvalue weighted by Crippen LogP contribution is -2.26. The van der Waals surface area contributed by atoms with Crippen molar-refractivity contribution in [1.29, 1.82) is 0 Å². The van der Waals surface area contributed by atoms with Crippen LogP contribution in [0.4, 0.5) is 11.4 Å². The second-order valence-corrected chi connectivity index (χ2v) is 4.11. The summed E-state index contributed by atoms with van der Waals surface area (Å²) in [5.74, 6) is -0.103. The Kier molecular flexibility index (Phi) is 4.77. The third-order valence-electron chi connectivity index (χ3n) is 1.81. The summed E-state index contributed by atoms with van der Waals surface area (Å²) in [7, 11) is 0. The van der Waals surface area contributed by atoms with Gasteiger partial charge < -0.3 is 22.5 Å². The van der Waals surface area contributed by atoms with Gasteiger partial charge in [0.2, 0.25) is 5.96 Å². The lowest BCUT2D eigenvalue weighted by molar-refractivity contribution is 1.21. The van der Waals surface area contributed by atoms with Crippen molar-refractivity contribution in [2.24, 2.45) is 27.2 Å². The topological polar surface area (TPSA) is 115 Å². The maximum Gasteiger partial charge on any atom is 0.223 e. The molecule has 0 unspecified atom stereocenters. The molecule has 0 aliphatic rings. The van der Waals surface area contributed by atoms with Crippen molar-refractivity contribution >= 4 is 39.2 Å². The Bertz CT molecular complexity index is 450. The number of hydrogen-bond acceptors (Lipinski definition) is 2. The normalized spacial score (nSPS) is 11.1. The predicted molar refractivity (Wildman–Crippen MR) is 75.4 cm³/mol. The molecule has 0 radical (unpaired) electrons. The molecule has 0 spiro atoms. The van der Waals surface area contributed by atoms with E-state index < -0.39 is 0 Å². The molecule has 0 aliphatic heterocycles. The van der Waals surface area contributed by atoms with E-state index in [2.05, 4.69) is 31.2 Å². The van der Waals surface area contributed by atoms with E-state index in [-0.39, 0.29) is 11.9 Å². The van der Waals surface area contributed by atoms with Crippen molar-refractivity contribution in [3.8, 4) is 0 Å². The van der Waals surface area contributed by atoms with Gasteiger partial charge in [-0.2, -0.15) is 4.99 Å². The van der Waals surface area contributed by atoms with Crippen LogP contribution < -0.4 is 22.5 Å². The van der Waals surface area contributed by atoms with E-state index in [1.54, 1.807) is 0 Å². The zero-order chi connectivity index (χ0) is 12.8. The minimum Gasteiger partial charge on any atom is -0.384 e. The fraction of sp³-hybridized carbons (Fsp3) is 0.200. The number of guanidine groups is 2. The first-order chi connectivity index (χ1) is 8.02. The highest BCUT2D eigenvalue weighted by molar-refractivity contribution is 9.10. The number of hydrogen-bond donors (Lipinski definition) is 4. The van der Waals surface area contributed by atoms with Crippen LogP contribution in [0.3, 0.4) is 0 Å². The zero-order valence-corrected chi connectivity index (χ0v) is 11.0. The molecule has 0 fully saturated rings. The van der Waals surface area contributed by atoms with Crippen LogP contribution in [0, 0.1) is 0 Å². The van der Waals surface area contributed by atoms with Crippen LogP contribution in [0.5, 0.6) is 0 Å². The Hall–Kier alpha value is -1.76. The van der Waals surface area contributed by atoms with E-state index in [0.717, 1.165) is 16.7 Å². The number of anilines is 1. The van der Waals surface area contributed by atoms with Crippen LogP contribution in [0.2, 0.25) is 0 Å². The van der Waals surface area contributed by atoms with Gasteiger partial charge in [0.15, 0.2) is 5.96 Å². The quantitative estimate of drug-likeness (QED) is 0.494. The molecule has 0 saturated carbocycles. The maximum absolute atomic E-state index is 5.58. The number of benzene rings is 1. The van der Waals surface area contributed by atoms with Gasteiger partial charge in [-0.05, 0) is 25.1 Å². The van der Waals surface area contributed by atoms with Gasteiger partial charge >= 0.3 is 0 Å². The standard InChI is InChI=1S/C10H15BrN6/c1-2-15-7-4-3-6(11)5-8(7)16-10(14)17-9(12)13/h3-5,15H,2H2,1H3,(H6,12,13,14,16,17). The number of aliphatic imine (C=N–C) groups is 2. The van der Waals surface area contributed by atoms with Crippen LogP contribution in [-0.4, -0.2) is 18.5 Å². The summed E-state index contributed by atoms with van der Waals surface area (Å²) >= 11 is 3.37. The Balaban J connectivity index is 3.11. The fourth-order valence-electron chi connectivity index (χ4n) is 1.22. The summed E-state index contributed by atoms with van der Waals surface area (Å²) in [6.07, 6.45) is 0. The molecule has 0 atom stereocenters. The van der Waals surface area contributed by atoms with Crippen molar-refractivity contribution in [2.75, 3.05) is 11.9 Å². The molecule has 1 aromatic carbocycles. The third-order valence-corrected chi connectivity index (χ3v) is 2.30. The van der Waals surface area contributed by atoms with Crippen molar-refractivity contribution in [1.82, 2.24) is 0 Å². The van der Waals surface area contributed by atoms with E-state index in [1.807, 2.05) is 25.1 Å². The van der Waals surface area contributed by atoms with Gasteiger partial charge in [-0.3, -0.25) is 0 Å². The number of nitrogens with two attached hydrogens (primary N) is 3. The number of rotatable bonds is 3. The third kappa shape index (κ3) is 4.31. The Labute approximate surface area is 108 Å². The van der Waals surface area contributed by atoms with Gasteiger partial charge in [-0.1, -0.05) is 15.9 Å². The Morgan fingerprint density at radius 3 is 2.65 bits per heavy atom. The molecule has 0 heterocycles. The minimum atomic E-state index is -0.119. The van der Waals surface area contributed by atoms with Gasteiger partial charge in [0.05, 0.1) is 11.4 Å². The van der Waals surface area contributed by atoms with Gasteiger partial charge in [-0.15, -0.1) is 0 Å². The Morgan fingerprint density at radius 1 is 1.35 bits per heavy atom. The highest BCUT2D eigenvalue weighted by atomic mass is 79.9. The fourth-order valence-corrected chi connectivity index (χ4v) is 1.57. The molecular formula is C10H15BrN6. The molecule has 7 N–H and O–H groups in total. The number of nitrogens with one attached hydrogen (secondary N) is 1. The van der Waals surface area contributed by atoms with E-state index >= 15 is 0 Å². The highest BCUT2D eigenvalue weighted by Gasteiger charge is 2.02. The van der Waals surface area contributed by atoms with Gasteiger partial charge in [0.1, 0.15) is 0 Å². The first-order valence-electron chi connectivity index (χ1n) is 5.00. The van der Waals surface area contributed by atoms with Crippen LogP contribution in [0.15, 0.2) is 32.7 Å². The van der Waals surface area contributed by atoms with E-state index in [1.165, 1.54) is 0 Å². The lowest BCUT2D eigenvalue weighted by atomic mass is 10.2. The van der Waals surface area contributed by atoms with Crippen LogP contribution in [0.25, 0.3) is 0 Å². The largest absolute Gasteiger partial charge is 0.384 e. The Morgan fingerprint density at radius 2 is 2.06 bits per heavy atom. The van der Waals surface area contributed by atoms with Crippen LogP contribution >= 0.6 is 15.9 Å². The van der Waals surface area contributed by atoms with Gasteiger partial charge in [-0.25, -0.2) is 4.99 Å². The predicted octanol–water partition coefficient (Wildman–Crippen LogP) is 1.10. The van der Waals surface area contributed by atoms with Crippen LogP contribution in [-0.2, 0) is 0 Å². The first kappa shape index (κ1) is 13.3. The second kappa shape index (κ2) is 6.09. The smallest absolute Gasteiger partial charge is 0.223 e. The second-order valence-electron chi connectivity index (χ2n) is 3.20. The van der Waals surface area contributed by atoms with E-state index in [4.69, 9.17) is 17.2 Å². The molecule has 0 amide bonds. The van der Waals surface area contributed by atoms with Crippen molar-refractivity contribution in [2.45, 2.75) is 6.92 Å². The average molecular weight is 299 g/mol. The summed E-state index contributed by atoms with van der Waals surface area (Å²) in [4.78, 5) is 7.79. The molecule has 1 rings (SSSR count). The molecular weight excluding hydrogens is 284 g/mol. The van der Waals surface area contributed by atoms with Gasteiger partial charge in [0, 0.05) is 11.0 Å². The molecule has 6 nitrogen and oxygen atoms in total. The minimum absolute atomic E-state index is 0.0160. The monoisotopic (exact) mass is 298 g/mol. The summed E-state index contributed by atoms with van der Waals surface area (Å²) in [6, 6.07) is 5.63. The molecule has 0 bridgehead atoms. The molecule has 7 heteroatoms. The summed E-state index contributed by atoms with van der Waals surface area (Å²) in [5, 5.41) is 3.17. The summed E-state index contributed by atoms with van der Waals surface area (Å²) < 4.78 is 0.899. The van der Waals surface area contributed by atoms with E-state index in [0.29, 0.717) is 5.69 Å². The first-order valence-corrected chi connectivity index (χ1v) is 5.79. The molecule has 0 aromatic heterocycles.